The first-order valence-corrected chi connectivity index (χ1v) is 6.53. The van der Waals surface area contributed by atoms with Crippen LogP contribution >= 0.6 is 0 Å². The lowest BCUT2D eigenvalue weighted by Crippen LogP contribution is -2.12. The molecule has 6 N–H and O–H groups in total. The topological polar surface area (TPSA) is 140 Å². The highest BCUT2D eigenvalue weighted by molar-refractivity contribution is 7.89. The Morgan fingerprint density at radius 1 is 1.28 bits per heavy atom. The molecule has 8 nitrogen and oxygen atoms in total. The fraction of sp³-hybridized carbons (Fsp3) is 0.111. The summed E-state index contributed by atoms with van der Waals surface area (Å²) in [7, 11) is -3.65. The number of nitrogens with zero attached hydrogens (tertiary/aromatic N) is 2. The highest BCUT2D eigenvalue weighted by Gasteiger charge is 2.06. The van der Waals surface area contributed by atoms with Crippen molar-refractivity contribution in [3.8, 4) is 0 Å². The molecule has 0 amide bonds. The zero-order chi connectivity index (χ0) is 13.2. The summed E-state index contributed by atoms with van der Waals surface area (Å²) in [6.45, 7) is 0.447. The SMILES string of the molecule is Nc1nc(NCc2ccc(S(N)(=O)=O)cc2)n[nH]1. The second-order valence-electron chi connectivity index (χ2n) is 3.59. The molecule has 1 aromatic carbocycles. The summed E-state index contributed by atoms with van der Waals surface area (Å²) in [6, 6.07) is 6.20. The Morgan fingerprint density at radius 3 is 2.44 bits per heavy atom. The monoisotopic (exact) mass is 268 g/mol. The Hall–Kier alpha value is -2.13. The molecule has 0 aliphatic carbocycles. The Morgan fingerprint density at radius 2 is 1.94 bits per heavy atom. The van der Waals surface area contributed by atoms with E-state index in [1.807, 2.05) is 0 Å². The van der Waals surface area contributed by atoms with Crippen molar-refractivity contribution in [1.29, 1.82) is 0 Å². The highest BCUT2D eigenvalue weighted by Crippen LogP contribution is 2.10. The van der Waals surface area contributed by atoms with Crippen molar-refractivity contribution in [3.05, 3.63) is 29.8 Å². The van der Waals surface area contributed by atoms with Gasteiger partial charge in [0, 0.05) is 6.54 Å². The number of sulfonamides is 1. The molecule has 0 aliphatic heterocycles. The molecule has 0 fully saturated rings. The van der Waals surface area contributed by atoms with E-state index < -0.39 is 10.0 Å². The Kier molecular flexibility index (Phi) is 3.17. The molecule has 1 aromatic heterocycles. The van der Waals surface area contributed by atoms with E-state index in [0.717, 1.165) is 5.56 Å². The van der Waals surface area contributed by atoms with Crippen LogP contribution in [0.15, 0.2) is 29.2 Å². The number of nitrogen functional groups attached to an aromatic ring is 1. The van der Waals surface area contributed by atoms with E-state index in [-0.39, 0.29) is 10.8 Å². The van der Waals surface area contributed by atoms with Gasteiger partial charge in [0.05, 0.1) is 4.90 Å². The highest BCUT2D eigenvalue weighted by atomic mass is 32.2. The summed E-state index contributed by atoms with van der Waals surface area (Å²) >= 11 is 0. The first-order valence-electron chi connectivity index (χ1n) is 4.98. The lowest BCUT2D eigenvalue weighted by atomic mass is 10.2. The average molecular weight is 268 g/mol. The quantitative estimate of drug-likeness (QED) is 0.597. The lowest BCUT2D eigenvalue weighted by molar-refractivity contribution is 0.598. The van der Waals surface area contributed by atoms with Gasteiger partial charge in [-0.15, -0.1) is 5.10 Å². The molecule has 0 aliphatic rings. The number of nitrogens with one attached hydrogen (secondary N) is 2. The molecule has 2 rings (SSSR count). The van der Waals surface area contributed by atoms with E-state index >= 15 is 0 Å². The van der Waals surface area contributed by atoms with Crippen LogP contribution in [0.1, 0.15) is 5.56 Å². The molecule has 1 heterocycles. The third kappa shape index (κ3) is 2.96. The first kappa shape index (κ1) is 12.3. The number of anilines is 2. The molecular weight excluding hydrogens is 256 g/mol. The smallest absolute Gasteiger partial charge is 0.243 e. The van der Waals surface area contributed by atoms with Crippen molar-refractivity contribution < 1.29 is 8.42 Å². The van der Waals surface area contributed by atoms with Gasteiger partial charge in [0.25, 0.3) is 0 Å². The number of aromatic nitrogens is 3. The minimum atomic E-state index is -3.65. The number of hydrogen-bond acceptors (Lipinski definition) is 6. The number of rotatable bonds is 4. The number of hydrogen-bond donors (Lipinski definition) is 4. The Bertz CT molecular complexity index is 633. The van der Waals surface area contributed by atoms with Crippen LogP contribution in [-0.4, -0.2) is 23.6 Å². The van der Waals surface area contributed by atoms with Gasteiger partial charge in [0.1, 0.15) is 0 Å². The van der Waals surface area contributed by atoms with E-state index in [1.165, 1.54) is 12.1 Å². The molecular formula is C9H12N6O2S. The molecule has 0 saturated heterocycles. The van der Waals surface area contributed by atoms with Gasteiger partial charge in [-0.2, -0.15) is 4.98 Å². The molecule has 2 aromatic rings. The molecule has 9 heteroatoms. The molecule has 96 valence electrons. The van der Waals surface area contributed by atoms with E-state index in [2.05, 4.69) is 20.5 Å². The summed E-state index contributed by atoms with van der Waals surface area (Å²) < 4.78 is 22.1. The summed E-state index contributed by atoms with van der Waals surface area (Å²) in [6.07, 6.45) is 0. The van der Waals surface area contributed by atoms with Crippen LogP contribution in [0, 0.1) is 0 Å². The van der Waals surface area contributed by atoms with Gasteiger partial charge in [-0.25, -0.2) is 18.7 Å². The third-order valence-corrected chi connectivity index (χ3v) is 3.13. The van der Waals surface area contributed by atoms with Gasteiger partial charge in [0.15, 0.2) is 0 Å². The maximum Gasteiger partial charge on any atom is 0.243 e. The van der Waals surface area contributed by atoms with Gasteiger partial charge in [0.2, 0.25) is 21.9 Å². The standard InChI is InChI=1S/C9H12N6O2S/c10-8-13-9(15-14-8)12-5-6-1-3-7(4-2-6)18(11,16)17/h1-4H,5H2,(H2,11,16,17)(H4,10,12,13,14,15). The van der Waals surface area contributed by atoms with Crippen LogP contribution in [0.25, 0.3) is 0 Å². The summed E-state index contributed by atoms with van der Waals surface area (Å²) in [4.78, 5) is 3.94. The lowest BCUT2D eigenvalue weighted by Gasteiger charge is -2.03. The predicted molar refractivity (Wildman–Crippen MR) is 65.9 cm³/mol. The zero-order valence-corrected chi connectivity index (χ0v) is 10.1. The van der Waals surface area contributed by atoms with Crippen LogP contribution in [0.3, 0.4) is 0 Å². The fourth-order valence-corrected chi connectivity index (χ4v) is 1.85. The van der Waals surface area contributed by atoms with Crippen molar-refractivity contribution in [2.24, 2.45) is 5.14 Å². The van der Waals surface area contributed by atoms with Crippen LogP contribution in [0.5, 0.6) is 0 Å². The zero-order valence-electron chi connectivity index (χ0n) is 9.29. The molecule has 0 spiro atoms. The molecule has 0 unspecified atom stereocenters. The van der Waals surface area contributed by atoms with Gasteiger partial charge < -0.3 is 11.1 Å². The summed E-state index contributed by atoms with van der Waals surface area (Å²) in [5, 5.41) is 14.2. The molecule has 0 saturated carbocycles. The Balaban J connectivity index is 2.03. The summed E-state index contributed by atoms with van der Waals surface area (Å²) in [5.74, 6) is 0.602. The number of aromatic amines is 1. The van der Waals surface area contributed by atoms with Gasteiger partial charge in [-0.3, -0.25) is 0 Å². The molecule has 0 atom stereocenters. The Labute approximate surface area is 103 Å². The number of primary sulfonamides is 1. The van der Waals surface area contributed by atoms with E-state index in [1.54, 1.807) is 12.1 Å². The largest absolute Gasteiger partial charge is 0.368 e. The van der Waals surface area contributed by atoms with Crippen LogP contribution < -0.4 is 16.2 Å². The minimum absolute atomic E-state index is 0.0772. The van der Waals surface area contributed by atoms with Gasteiger partial charge in [-0.05, 0) is 17.7 Å². The van der Waals surface area contributed by atoms with E-state index in [4.69, 9.17) is 10.9 Å². The van der Waals surface area contributed by atoms with Crippen molar-refractivity contribution in [2.75, 3.05) is 11.1 Å². The summed E-state index contributed by atoms with van der Waals surface area (Å²) in [5.41, 5.74) is 6.23. The van der Waals surface area contributed by atoms with Crippen molar-refractivity contribution in [2.45, 2.75) is 11.4 Å². The minimum Gasteiger partial charge on any atom is -0.368 e. The second kappa shape index (κ2) is 4.63. The normalized spacial score (nSPS) is 11.4. The predicted octanol–water partition coefficient (Wildman–Crippen LogP) is -0.354. The van der Waals surface area contributed by atoms with Gasteiger partial charge in [-0.1, -0.05) is 12.1 Å². The number of nitrogens with two attached hydrogens (primary N) is 2. The van der Waals surface area contributed by atoms with Crippen LogP contribution in [-0.2, 0) is 16.6 Å². The average Bonchev–Trinajstić information content (AvgIpc) is 2.72. The van der Waals surface area contributed by atoms with E-state index in [0.29, 0.717) is 12.5 Å². The number of H-pyrrole nitrogens is 1. The van der Waals surface area contributed by atoms with Crippen LogP contribution in [0.2, 0.25) is 0 Å². The van der Waals surface area contributed by atoms with Gasteiger partial charge >= 0.3 is 0 Å². The molecule has 0 bridgehead atoms. The fourth-order valence-electron chi connectivity index (χ4n) is 1.33. The maximum atomic E-state index is 11.1. The third-order valence-electron chi connectivity index (χ3n) is 2.21. The van der Waals surface area contributed by atoms with Crippen molar-refractivity contribution in [3.63, 3.8) is 0 Å². The van der Waals surface area contributed by atoms with E-state index in [9.17, 15) is 8.42 Å². The first-order chi connectivity index (χ1) is 8.45. The second-order valence-corrected chi connectivity index (χ2v) is 5.15. The van der Waals surface area contributed by atoms with Crippen molar-refractivity contribution >= 4 is 21.9 Å². The molecule has 18 heavy (non-hydrogen) atoms. The van der Waals surface area contributed by atoms with Crippen molar-refractivity contribution in [1.82, 2.24) is 15.2 Å². The maximum absolute atomic E-state index is 11.1. The number of benzene rings is 1. The molecule has 0 radical (unpaired) electrons. The van der Waals surface area contributed by atoms with Crippen LogP contribution in [0.4, 0.5) is 11.9 Å².